The Morgan fingerprint density at radius 1 is 1.20 bits per heavy atom. The van der Waals surface area contributed by atoms with E-state index in [-0.39, 0.29) is 5.92 Å². The van der Waals surface area contributed by atoms with Gasteiger partial charge >= 0.3 is 0 Å². The van der Waals surface area contributed by atoms with Gasteiger partial charge in [0.1, 0.15) is 0 Å². The first-order valence-corrected chi connectivity index (χ1v) is 5.92. The number of benzene rings is 1. The summed E-state index contributed by atoms with van der Waals surface area (Å²) in [4.78, 5) is 0. The van der Waals surface area contributed by atoms with Crippen LogP contribution in [-0.4, -0.2) is 0 Å². The van der Waals surface area contributed by atoms with Crippen LogP contribution in [0.4, 0.5) is 0 Å². The van der Waals surface area contributed by atoms with E-state index in [2.05, 4.69) is 0 Å². The molecule has 0 heterocycles. The summed E-state index contributed by atoms with van der Waals surface area (Å²) in [5, 5.41) is 0. The quantitative estimate of drug-likeness (QED) is 0.669. The first kappa shape index (κ1) is 6.73. The van der Waals surface area contributed by atoms with E-state index in [1.165, 1.54) is 0 Å². The van der Waals surface area contributed by atoms with Gasteiger partial charge in [-0.3, -0.25) is 0 Å². The van der Waals surface area contributed by atoms with E-state index < -0.39 is 18.7 Å². The van der Waals surface area contributed by atoms with Crippen molar-refractivity contribution in [3.8, 4) is 0 Å². The van der Waals surface area contributed by atoms with Crippen LogP contribution in [0.15, 0.2) is 30.3 Å². The zero-order chi connectivity index (χ0) is 14.1. The highest BCUT2D eigenvalue weighted by Crippen LogP contribution is 2.37. The molecule has 1 aliphatic carbocycles. The first-order valence-electron chi connectivity index (χ1n) is 7.92. The molecule has 0 radical (unpaired) electrons. The van der Waals surface area contributed by atoms with Crippen molar-refractivity contribution in [1.29, 1.82) is 0 Å². The van der Waals surface area contributed by atoms with Gasteiger partial charge in [-0.1, -0.05) is 50.1 Å². The molecule has 0 aliphatic heterocycles. The van der Waals surface area contributed by atoms with Crippen molar-refractivity contribution in [3.05, 3.63) is 35.9 Å². The van der Waals surface area contributed by atoms with Gasteiger partial charge < -0.3 is 0 Å². The second-order valence-corrected chi connectivity index (χ2v) is 4.27. The Labute approximate surface area is 99.3 Å². The van der Waals surface area contributed by atoms with Gasteiger partial charge in [0.25, 0.3) is 0 Å². The summed E-state index contributed by atoms with van der Waals surface area (Å²) in [5.74, 6) is -0.496. The number of rotatable bonds is 3. The van der Waals surface area contributed by atoms with Crippen LogP contribution in [0.1, 0.15) is 62.3 Å². The van der Waals surface area contributed by atoms with Crippen molar-refractivity contribution in [2.24, 2.45) is 5.92 Å². The standard InChI is InChI=1S/C15H22/c1-2-6-13-9-11-15(12-10-13)14-7-4-3-5-8-14/h3-5,7-8,13,15H,2,6,9-12H2,1H3/t13-,15-/i9D2,10D2. The molecule has 1 aromatic carbocycles. The van der Waals surface area contributed by atoms with E-state index >= 15 is 0 Å². The fraction of sp³-hybridized carbons (Fsp3) is 0.600. The lowest BCUT2D eigenvalue weighted by Crippen LogP contribution is -2.13. The minimum Gasteiger partial charge on any atom is -0.0654 e. The third-order valence-electron chi connectivity index (χ3n) is 3.07. The van der Waals surface area contributed by atoms with Crippen LogP contribution in [-0.2, 0) is 0 Å². The maximum Gasteiger partial charge on any atom is 0.0270 e. The molecule has 1 aromatic rings. The van der Waals surface area contributed by atoms with Crippen molar-refractivity contribution in [2.75, 3.05) is 0 Å². The molecule has 1 saturated carbocycles. The highest BCUT2D eigenvalue weighted by atomic mass is 14.3. The maximum atomic E-state index is 8.25. The summed E-state index contributed by atoms with van der Waals surface area (Å²) in [6.07, 6.45) is -0.514. The minimum absolute atomic E-state index is 0.0145. The zero-order valence-corrected chi connectivity index (χ0v) is 9.37. The average Bonchev–Trinajstić information content (AvgIpc) is 2.34. The van der Waals surface area contributed by atoms with Gasteiger partial charge in [0.2, 0.25) is 0 Å². The SMILES string of the molecule is [2H]C1([2H])C[C@H](c2ccccc2)CC([2H])([2H])[C@H]1CCC. The van der Waals surface area contributed by atoms with Crippen molar-refractivity contribution >= 4 is 0 Å². The van der Waals surface area contributed by atoms with E-state index in [1.807, 2.05) is 37.3 Å². The molecular formula is C15H22. The van der Waals surface area contributed by atoms with Crippen molar-refractivity contribution in [3.63, 3.8) is 0 Å². The molecule has 0 unspecified atom stereocenters. The second kappa shape index (κ2) is 5.34. The molecule has 1 fully saturated rings. The van der Waals surface area contributed by atoms with Crippen LogP contribution in [0.3, 0.4) is 0 Å². The van der Waals surface area contributed by atoms with Gasteiger partial charge in [0.15, 0.2) is 0 Å². The Hall–Kier alpha value is -0.780. The van der Waals surface area contributed by atoms with E-state index in [0.717, 1.165) is 12.0 Å². The van der Waals surface area contributed by atoms with Crippen molar-refractivity contribution < 1.29 is 5.48 Å². The van der Waals surface area contributed by atoms with E-state index in [4.69, 9.17) is 5.48 Å². The molecule has 0 bridgehead atoms. The summed E-state index contributed by atoms with van der Waals surface area (Å²) < 4.78 is 33.0. The molecule has 0 heteroatoms. The maximum absolute atomic E-state index is 8.25. The summed E-state index contributed by atoms with van der Waals surface area (Å²) in [7, 11) is 0. The van der Waals surface area contributed by atoms with Gasteiger partial charge in [-0.25, -0.2) is 0 Å². The highest BCUT2D eigenvalue weighted by molar-refractivity contribution is 5.19. The smallest absolute Gasteiger partial charge is 0.0270 e. The fourth-order valence-electron chi connectivity index (χ4n) is 2.17. The van der Waals surface area contributed by atoms with Crippen LogP contribution < -0.4 is 0 Å². The predicted octanol–water partition coefficient (Wildman–Crippen LogP) is 4.76. The second-order valence-electron chi connectivity index (χ2n) is 4.27. The molecule has 15 heavy (non-hydrogen) atoms. The van der Waals surface area contributed by atoms with Gasteiger partial charge in [0, 0.05) is 5.48 Å². The van der Waals surface area contributed by atoms with E-state index in [0.29, 0.717) is 19.3 Å². The molecule has 0 aromatic heterocycles. The minimum atomic E-state index is -1.42. The zero-order valence-electron chi connectivity index (χ0n) is 13.4. The summed E-state index contributed by atoms with van der Waals surface area (Å²) in [6, 6.07) is 9.79. The first-order chi connectivity index (χ1) is 8.87. The van der Waals surface area contributed by atoms with Gasteiger partial charge in [0.05, 0.1) is 0 Å². The Bertz CT molecular complexity index is 395. The fourth-order valence-corrected chi connectivity index (χ4v) is 2.17. The summed E-state index contributed by atoms with van der Waals surface area (Å²) >= 11 is 0. The van der Waals surface area contributed by atoms with Crippen LogP contribution in [0.5, 0.6) is 0 Å². The van der Waals surface area contributed by atoms with Crippen LogP contribution >= 0.6 is 0 Å². The molecule has 0 spiro atoms. The van der Waals surface area contributed by atoms with Gasteiger partial charge in [-0.2, -0.15) is 0 Å². The largest absolute Gasteiger partial charge is 0.0654 e. The lowest BCUT2D eigenvalue weighted by molar-refractivity contribution is 0.308. The van der Waals surface area contributed by atoms with Crippen LogP contribution in [0.25, 0.3) is 0 Å². The van der Waals surface area contributed by atoms with Crippen LogP contribution in [0.2, 0.25) is 0 Å². The molecule has 0 nitrogen and oxygen atoms in total. The Balaban J connectivity index is 2.26. The molecule has 0 saturated heterocycles. The molecule has 1 aliphatic rings. The monoisotopic (exact) mass is 206 g/mol. The lowest BCUT2D eigenvalue weighted by atomic mass is 9.77. The highest BCUT2D eigenvalue weighted by Gasteiger charge is 2.21. The molecule has 82 valence electrons. The van der Waals surface area contributed by atoms with E-state index in [1.54, 1.807) is 0 Å². The number of hydrogen-bond donors (Lipinski definition) is 0. The Morgan fingerprint density at radius 2 is 1.87 bits per heavy atom. The predicted molar refractivity (Wildman–Crippen MR) is 66.0 cm³/mol. The third-order valence-corrected chi connectivity index (χ3v) is 3.07. The third kappa shape index (κ3) is 2.84. The molecule has 0 atom stereocenters. The van der Waals surface area contributed by atoms with Crippen molar-refractivity contribution in [1.82, 2.24) is 0 Å². The lowest BCUT2D eigenvalue weighted by Gasteiger charge is -2.28. The topological polar surface area (TPSA) is 0 Å². The summed E-state index contributed by atoms with van der Waals surface area (Å²) in [5.41, 5.74) is 1.06. The van der Waals surface area contributed by atoms with Gasteiger partial charge in [-0.15, -0.1) is 0 Å². The molecular weight excluding hydrogens is 180 g/mol. The average molecular weight is 206 g/mol. The van der Waals surface area contributed by atoms with Crippen molar-refractivity contribution in [2.45, 2.75) is 51.3 Å². The molecule has 0 amide bonds. The van der Waals surface area contributed by atoms with Gasteiger partial charge in [-0.05, 0) is 43.0 Å². The normalized spacial score (nSPS) is 37.1. The Kier molecular flexibility index (Phi) is 2.40. The van der Waals surface area contributed by atoms with E-state index in [9.17, 15) is 0 Å². The molecule has 0 N–H and O–H groups in total. The van der Waals surface area contributed by atoms with Crippen LogP contribution in [0, 0.1) is 5.92 Å². The number of hydrogen-bond acceptors (Lipinski definition) is 0. The summed E-state index contributed by atoms with van der Waals surface area (Å²) in [6.45, 7) is 2.00. The Morgan fingerprint density at radius 3 is 2.47 bits per heavy atom. The molecule has 2 rings (SSSR count).